The first-order chi connectivity index (χ1) is 35.4. The van der Waals surface area contributed by atoms with E-state index in [9.17, 15) is 49.8 Å². The molecular weight excluding hydrogens is 961 g/mol. The molecule has 24 atom stereocenters. The number of aliphatic carboxylic acids is 2. The fourth-order valence-electron chi connectivity index (χ4n) is 22.4. The van der Waals surface area contributed by atoms with Gasteiger partial charge in [-0.15, -0.1) is 0 Å². The zero-order valence-electron chi connectivity index (χ0n) is 49.0. The third kappa shape index (κ3) is 9.76. The standard InChI is InChI=1S/C64H104O12/c1-33(13-23-53(69)70)41-19-21-43-55-45(31-51(67)63(41,43)11)61(9)37(27-47(55)65)25-39(29-49(61)59(3,4)5)75-57(73)35-15-17-36(18-16-35)58(74)76-40-26-38-28-48(66)56-44-22-20-42(34(2)14-24-54(71)72)64(44,12)52(68)32-46(56)62(38,10)50(30-40)60(6,7)8/h33-52,55-56,65-68H,13-32H2,1-12H3,(H,69,70)(H,71,72)/t33-,34-,35?,36?,37+,38+,39+,40+,41-,42-,43?,44?,45?,46?,47-,48-,49?,50?,51+,52+,55?,56?,61+,62+,63-,64-/m1/s1. The first-order valence-corrected chi connectivity index (χ1v) is 30.9. The number of hydrogen-bond donors (Lipinski definition) is 6. The quantitative estimate of drug-likeness (QED) is 0.101. The maximum Gasteiger partial charge on any atom is 0.309 e. The van der Waals surface area contributed by atoms with Gasteiger partial charge < -0.3 is 40.1 Å². The molecule has 0 amide bonds. The zero-order valence-corrected chi connectivity index (χ0v) is 49.0. The van der Waals surface area contributed by atoms with Crippen LogP contribution in [-0.2, 0) is 28.7 Å². The van der Waals surface area contributed by atoms with Crippen LogP contribution in [0, 0.1) is 127 Å². The van der Waals surface area contributed by atoms with E-state index in [1.165, 1.54) is 0 Å². The van der Waals surface area contributed by atoms with E-state index in [0.29, 0.717) is 77.0 Å². The maximum absolute atomic E-state index is 14.2. The van der Waals surface area contributed by atoms with E-state index < -0.39 is 36.4 Å². The van der Waals surface area contributed by atoms with Crippen LogP contribution < -0.4 is 0 Å². The molecule has 432 valence electrons. The summed E-state index contributed by atoms with van der Waals surface area (Å²) in [4.78, 5) is 51.5. The second-order valence-corrected chi connectivity index (χ2v) is 31.2. The van der Waals surface area contributed by atoms with Gasteiger partial charge in [0, 0.05) is 12.8 Å². The lowest BCUT2D eigenvalue weighted by Crippen LogP contribution is -2.65. The second-order valence-electron chi connectivity index (χ2n) is 31.2. The van der Waals surface area contributed by atoms with Crippen LogP contribution in [0.3, 0.4) is 0 Å². The summed E-state index contributed by atoms with van der Waals surface area (Å²) in [6, 6.07) is 0. The largest absolute Gasteiger partial charge is 0.481 e. The molecule has 0 aliphatic heterocycles. The number of carbonyl (C=O) groups is 4. The van der Waals surface area contributed by atoms with Gasteiger partial charge in [-0.2, -0.15) is 0 Å². The van der Waals surface area contributed by atoms with Gasteiger partial charge in [-0.25, -0.2) is 0 Å². The average Bonchev–Trinajstić information content (AvgIpc) is 4.04. The van der Waals surface area contributed by atoms with E-state index in [4.69, 9.17) is 9.47 Å². The lowest BCUT2D eigenvalue weighted by molar-refractivity contribution is -0.237. The first-order valence-electron chi connectivity index (χ1n) is 30.9. The molecule has 9 aliphatic carbocycles. The van der Waals surface area contributed by atoms with Crippen molar-refractivity contribution in [2.24, 2.45) is 127 Å². The van der Waals surface area contributed by atoms with Gasteiger partial charge in [0.05, 0.1) is 36.3 Å². The monoisotopic (exact) mass is 1060 g/mol. The van der Waals surface area contributed by atoms with Crippen LogP contribution in [0.4, 0.5) is 0 Å². The van der Waals surface area contributed by atoms with Crippen molar-refractivity contribution in [3.8, 4) is 0 Å². The molecule has 0 spiro atoms. The summed E-state index contributed by atoms with van der Waals surface area (Å²) in [7, 11) is 0. The number of hydrogen-bond acceptors (Lipinski definition) is 10. The van der Waals surface area contributed by atoms with Gasteiger partial charge >= 0.3 is 23.9 Å². The minimum absolute atomic E-state index is 0.0577. The molecule has 0 radical (unpaired) electrons. The van der Waals surface area contributed by atoms with Crippen molar-refractivity contribution in [1.29, 1.82) is 0 Å². The summed E-state index contributed by atoms with van der Waals surface area (Å²) in [6.45, 7) is 27.4. The van der Waals surface area contributed by atoms with Crippen LogP contribution >= 0.6 is 0 Å². The van der Waals surface area contributed by atoms with Crippen LogP contribution in [0.1, 0.15) is 212 Å². The molecule has 9 aliphatic rings. The molecule has 0 aromatic rings. The SMILES string of the molecule is C[C@H](CCC(=O)O)[C@H]1CCC2C3C(C[C@H](O)[C@@]21C)[C@@]1(C)C(C(C)(C)C)C[C@@H](OC(=O)C2CCC(C(=O)O[C@@H]4CC(C(C)(C)C)[C@]5(C)C6C[C@H](O)[C@@]7(C)C(CC[C@@H]7[C@H](C)CCC(=O)O)C6[C@H](O)C[C@@H]5C4)CC2)C[C@H]1C[C@H]3O. The van der Waals surface area contributed by atoms with Crippen LogP contribution in [-0.4, -0.2) is 91.1 Å². The molecule has 9 fully saturated rings. The number of carboxylic acids is 2. The summed E-state index contributed by atoms with van der Waals surface area (Å²) in [6.07, 6.45) is 10.2. The molecule has 6 N–H and O–H groups in total. The van der Waals surface area contributed by atoms with Gasteiger partial charge in [0.2, 0.25) is 0 Å². The van der Waals surface area contributed by atoms with Gasteiger partial charge in [-0.05, 0) is 231 Å². The summed E-state index contributed by atoms with van der Waals surface area (Å²) in [5.74, 6) is -0.442. The van der Waals surface area contributed by atoms with Crippen LogP contribution in [0.5, 0.6) is 0 Å². The molecule has 9 saturated carbocycles. The highest BCUT2D eigenvalue weighted by molar-refractivity contribution is 5.75. The molecule has 0 aromatic carbocycles. The van der Waals surface area contributed by atoms with Crippen molar-refractivity contribution >= 4 is 23.9 Å². The number of rotatable bonds is 12. The summed E-state index contributed by atoms with van der Waals surface area (Å²) >= 11 is 0. The van der Waals surface area contributed by atoms with Crippen molar-refractivity contribution in [2.75, 3.05) is 0 Å². The molecule has 0 saturated heterocycles. The van der Waals surface area contributed by atoms with Crippen molar-refractivity contribution < 1.29 is 59.3 Å². The highest BCUT2D eigenvalue weighted by Crippen LogP contribution is 2.73. The minimum atomic E-state index is -0.783. The molecule has 0 bridgehead atoms. The van der Waals surface area contributed by atoms with Crippen molar-refractivity contribution in [1.82, 2.24) is 0 Å². The van der Waals surface area contributed by atoms with E-state index in [-0.39, 0.29) is 164 Å². The first kappa shape index (κ1) is 58.4. The van der Waals surface area contributed by atoms with Gasteiger partial charge in [-0.3, -0.25) is 19.2 Å². The fraction of sp³-hybridized carbons (Fsp3) is 0.938. The lowest BCUT2D eigenvalue weighted by atomic mass is 9.39. The third-order valence-corrected chi connectivity index (χ3v) is 26.0. The Morgan fingerprint density at radius 1 is 0.474 bits per heavy atom. The highest BCUT2D eigenvalue weighted by Gasteiger charge is 2.70. The van der Waals surface area contributed by atoms with E-state index in [2.05, 4.69) is 83.1 Å². The Bertz CT molecular complexity index is 1990. The second kappa shape index (κ2) is 20.9. The Kier molecular flexibility index (Phi) is 16.1. The van der Waals surface area contributed by atoms with Crippen LogP contribution in [0.25, 0.3) is 0 Å². The molecule has 0 heterocycles. The van der Waals surface area contributed by atoms with Gasteiger partial charge in [0.1, 0.15) is 12.2 Å². The maximum atomic E-state index is 14.2. The zero-order chi connectivity index (χ0) is 55.6. The topological polar surface area (TPSA) is 208 Å². The number of fused-ring (bicyclic) bond motifs is 10. The molecule has 0 aromatic heterocycles. The average molecular weight is 1070 g/mol. The predicted molar refractivity (Wildman–Crippen MR) is 290 cm³/mol. The number of ether oxygens (including phenoxy) is 2. The number of aliphatic hydroxyl groups is 4. The highest BCUT2D eigenvalue weighted by atomic mass is 16.5. The molecule has 12 nitrogen and oxygen atoms in total. The fourth-order valence-corrected chi connectivity index (χ4v) is 22.4. The van der Waals surface area contributed by atoms with Gasteiger partial charge in [0.15, 0.2) is 0 Å². The van der Waals surface area contributed by atoms with Crippen molar-refractivity contribution in [2.45, 2.75) is 248 Å². The predicted octanol–water partition coefficient (Wildman–Crippen LogP) is 11.4. The van der Waals surface area contributed by atoms with E-state index >= 15 is 0 Å². The Labute approximate surface area is 456 Å². The smallest absolute Gasteiger partial charge is 0.309 e. The Morgan fingerprint density at radius 2 is 0.816 bits per heavy atom. The van der Waals surface area contributed by atoms with Gasteiger partial charge in [-0.1, -0.05) is 83.1 Å². The molecule has 76 heavy (non-hydrogen) atoms. The normalized spacial score (nSPS) is 48.8. The van der Waals surface area contributed by atoms with Gasteiger partial charge in [0.25, 0.3) is 0 Å². The van der Waals surface area contributed by atoms with Crippen molar-refractivity contribution in [3.63, 3.8) is 0 Å². The number of carbonyl (C=O) groups excluding carboxylic acids is 2. The summed E-state index contributed by atoms with van der Waals surface area (Å²) < 4.78 is 13.1. The summed E-state index contributed by atoms with van der Waals surface area (Å²) in [5, 5.41) is 68.0. The molecular formula is C64H104O12. The van der Waals surface area contributed by atoms with Crippen LogP contribution in [0.2, 0.25) is 0 Å². The van der Waals surface area contributed by atoms with E-state index in [0.717, 1.165) is 38.5 Å². The minimum Gasteiger partial charge on any atom is -0.481 e. The Hall–Kier alpha value is -2.28. The Balaban J connectivity index is 0.818. The third-order valence-electron chi connectivity index (χ3n) is 26.0. The molecule has 9 rings (SSSR count). The number of aliphatic hydroxyl groups excluding tert-OH is 4. The summed E-state index contributed by atoms with van der Waals surface area (Å²) in [5.41, 5.74) is -1.33. The van der Waals surface area contributed by atoms with E-state index in [1.54, 1.807) is 0 Å². The number of carboxylic acid groups (broad SMARTS) is 2. The molecule has 8 unspecified atom stereocenters. The molecule has 12 heteroatoms. The van der Waals surface area contributed by atoms with Crippen molar-refractivity contribution in [3.05, 3.63) is 0 Å². The van der Waals surface area contributed by atoms with E-state index in [1.807, 2.05) is 0 Å². The number of esters is 2. The lowest BCUT2D eigenvalue weighted by Gasteiger charge is -2.67. The van der Waals surface area contributed by atoms with Crippen LogP contribution in [0.15, 0.2) is 0 Å². The Morgan fingerprint density at radius 3 is 1.13 bits per heavy atom.